The van der Waals surface area contributed by atoms with Crippen LogP contribution in [0, 0.1) is 0 Å². The smallest absolute Gasteiger partial charge is 0.249 e. The molecule has 1 aromatic carbocycles. The first-order valence-electron chi connectivity index (χ1n) is 7.52. The predicted octanol–water partition coefficient (Wildman–Crippen LogP) is 3.66. The van der Waals surface area contributed by atoms with Crippen molar-refractivity contribution in [1.29, 1.82) is 0 Å². The molecular formula is C17H15N3O2S. The van der Waals surface area contributed by atoms with Crippen LogP contribution in [0.5, 0.6) is 0 Å². The second-order valence-corrected chi connectivity index (χ2v) is 6.44. The lowest BCUT2D eigenvalue weighted by molar-refractivity contribution is -0.129. The third-order valence-electron chi connectivity index (χ3n) is 3.99. The first-order valence-corrected chi connectivity index (χ1v) is 8.40. The van der Waals surface area contributed by atoms with Gasteiger partial charge in [0, 0.05) is 13.0 Å². The Morgan fingerprint density at radius 3 is 2.87 bits per heavy atom. The van der Waals surface area contributed by atoms with Gasteiger partial charge in [-0.15, -0.1) is 11.3 Å². The van der Waals surface area contributed by atoms with E-state index in [1.54, 1.807) is 11.3 Å². The van der Waals surface area contributed by atoms with Gasteiger partial charge in [0.1, 0.15) is 6.04 Å². The minimum Gasteiger partial charge on any atom is -0.337 e. The average Bonchev–Trinajstić information content (AvgIpc) is 3.30. The molecule has 1 atom stereocenters. The number of carbonyl (C=O) groups excluding carboxylic acids is 1. The molecule has 0 saturated carbocycles. The summed E-state index contributed by atoms with van der Waals surface area (Å²) in [6.07, 6.45) is 1.24. The first-order chi connectivity index (χ1) is 11.3. The largest absolute Gasteiger partial charge is 0.337 e. The van der Waals surface area contributed by atoms with Crippen molar-refractivity contribution in [1.82, 2.24) is 15.0 Å². The molecule has 1 saturated heterocycles. The summed E-state index contributed by atoms with van der Waals surface area (Å²) in [7, 11) is 0. The number of likely N-dealkylation sites (tertiary alicyclic amines) is 1. The highest BCUT2D eigenvalue weighted by molar-refractivity contribution is 7.13. The molecule has 1 amide bonds. The van der Waals surface area contributed by atoms with E-state index in [9.17, 15) is 4.79 Å². The van der Waals surface area contributed by atoms with Gasteiger partial charge >= 0.3 is 0 Å². The molecule has 0 radical (unpaired) electrons. The summed E-state index contributed by atoms with van der Waals surface area (Å²) in [5, 5.41) is 6.03. The Kier molecular flexibility index (Phi) is 3.67. The molecule has 1 aliphatic heterocycles. The molecule has 0 spiro atoms. The summed E-state index contributed by atoms with van der Waals surface area (Å²) in [5.74, 6) is 1.25. The minimum atomic E-state index is -0.135. The van der Waals surface area contributed by atoms with E-state index in [-0.39, 0.29) is 11.9 Å². The average molecular weight is 325 g/mol. The van der Waals surface area contributed by atoms with E-state index in [1.807, 2.05) is 52.7 Å². The summed E-state index contributed by atoms with van der Waals surface area (Å²) in [6.45, 7) is 0.570. The van der Waals surface area contributed by atoms with E-state index >= 15 is 0 Å². The van der Waals surface area contributed by atoms with Crippen molar-refractivity contribution in [2.45, 2.75) is 25.4 Å². The number of hydrogen-bond donors (Lipinski definition) is 0. The number of rotatable bonds is 4. The first kappa shape index (κ1) is 14.1. The van der Waals surface area contributed by atoms with Crippen molar-refractivity contribution < 1.29 is 9.32 Å². The number of carbonyl (C=O) groups is 1. The fraction of sp³-hybridized carbons (Fsp3) is 0.235. The van der Waals surface area contributed by atoms with Gasteiger partial charge in [-0.1, -0.05) is 41.6 Å². The maximum absolute atomic E-state index is 12.2. The van der Waals surface area contributed by atoms with Gasteiger partial charge in [-0.25, -0.2) is 0 Å². The molecule has 2 aromatic heterocycles. The Labute approximate surface area is 137 Å². The van der Waals surface area contributed by atoms with Gasteiger partial charge in [-0.3, -0.25) is 4.79 Å². The molecule has 0 N–H and O–H groups in total. The quantitative estimate of drug-likeness (QED) is 0.734. The second kappa shape index (κ2) is 5.96. The van der Waals surface area contributed by atoms with Gasteiger partial charge in [0.15, 0.2) is 0 Å². The van der Waals surface area contributed by atoms with Gasteiger partial charge in [0.2, 0.25) is 17.6 Å². The lowest BCUT2D eigenvalue weighted by atomic mass is 10.2. The standard InChI is InChI=1S/C17H15N3O2S/c21-15-9-8-13(20(15)11-12-5-2-1-3-6-12)17-18-16(19-22-17)14-7-4-10-23-14/h1-7,10,13H,8-9,11H2. The molecule has 3 heterocycles. The predicted molar refractivity (Wildman–Crippen MR) is 86.6 cm³/mol. The Morgan fingerprint density at radius 2 is 2.09 bits per heavy atom. The molecule has 116 valence electrons. The van der Waals surface area contributed by atoms with E-state index in [1.165, 1.54) is 0 Å². The van der Waals surface area contributed by atoms with Crippen LogP contribution in [0.1, 0.15) is 30.3 Å². The van der Waals surface area contributed by atoms with Crippen LogP contribution < -0.4 is 0 Å². The Hall–Kier alpha value is -2.47. The Bertz CT molecular complexity index is 798. The lowest BCUT2D eigenvalue weighted by Crippen LogP contribution is -2.27. The monoisotopic (exact) mass is 325 g/mol. The normalized spacial score (nSPS) is 17.8. The second-order valence-electron chi connectivity index (χ2n) is 5.50. The highest BCUT2D eigenvalue weighted by Crippen LogP contribution is 2.34. The third-order valence-corrected chi connectivity index (χ3v) is 4.86. The zero-order chi connectivity index (χ0) is 15.6. The Balaban J connectivity index is 1.58. The number of nitrogens with zero attached hydrogens (tertiary/aromatic N) is 3. The van der Waals surface area contributed by atoms with Gasteiger partial charge in [-0.05, 0) is 23.4 Å². The molecule has 5 nitrogen and oxygen atoms in total. The summed E-state index contributed by atoms with van der Waals surface area (Å²) < 4.78 is 5.44. The van der Waals surface area contributed by atoms with E-state index < -0.39 is 0 Å². The maximum atomic E-state index is 12.2. The highest BCUT2D eigenvalue weighted by atomic mass is 32.1. The highest BCUT2D eigenvalue weighted by Gasteiger charge is 2.36. The summed E-state index contributed by atoms with van der Waals surface area (Å²) in [6, 6.07) is 13.7. The summed E-state index contributed by atoms with van der Waals surface area (Å²) in [5.41, 5.74) is 1.10. The van der Waals surface area contributed by atoms with Crippen molar-refractivity contribution in [3.05, 3.63) is 59.3 Å². The summed E-state index contributed by atoms with van der Waals surface area (Å²) in [4.78, 5) is 19.5. The van der Waals surface area contributed by atoms with Gasteiger partial charge in [0.05, 0.1) is 4.88 Å². The van der Waals surface area contributed by atoms with Crippen LogP contribution in [0.15, 0.2) is 52.4 Å². The van der Waals surface area contributed by atoms with Crippen molar-refractivity contribution in [3.8, 4) is 10.7 Å². The molecule has 1 aliphatic rings. The van der Waals surface area contributed by atoms with Crippen molar-refractivity contribution >= 4 is 17.2 Å². The van der Waals surface area contributed by atoms with E-state index in [0.717, 1.165) is 16.9 Å². The van der Waals surface area contributed by atoms with Crippen LogP contribution in [-0.4, -0.2) is 20.9 Å². The van der Waals surface area contributed by atoms with Gasteiger partial charge in [-0.2, -0.15) is 4.98 Å². The molecule has 1 unspecified atom stereocenters. The number of amides is 1. The SMILES string of the molecule is O=C1CCC(c2nc(-c3cccs3)no2)N1Cc1ccccc1. The van der Waals surface area contributed by atoms with E-state index in [2.05, 4.69) is 10.1 Å². The molecule has 1 fully saturated rings. The third kappa shape index (κ3) is 2.77. The van der Waals surface area contributed by atoms with Gasteiger partial charge < -0.3 is 9.42 Å². The number of aromatic nitrogens is 2. The molecule has 3 aromatic rings. The van der Waals surface area contributed by atoms with E-state index in [0.29, 0.717) is 24.7 Å². The van der Waals surface area contributed by atoms with Crippen LogP contribution in [0.4, 0.5) is 0 Å². The molecule has 0 bridgehead atoms. The van der Waals surface area contributed by atoms with Crippen LogP contribution in [-0.2, 0) is 11.3 Å². The van der Waals surface area contributed by atoms with Crippen molar-refractivity contribution in [2.24, 2.45) is 0 Å². The van der Waals surface area contributed by atoms with Crippen LogP contribution in [0.3, 0.4) is 0 Å². The zero-order valence-corrected chi connectivity index (χ0v) is 13.2. The topological polar surface area (TPSA) is 59.2 Å². The number of thiophene rings is 1. The molecule has 0 aliphatic carbocycles. The maximum Gasteiger partial charge on any atom is 0.249 e. The molecular weight excluding hydrogens is 310 g/mol. The number of hydrogen-bond acceptors (Lipinski definition) is 5. The fourth-order valence-corrected chi connectivity index (χ4v) is 3.49. The minimum absolute atomic E-state index is 0.134. The van der Waals surface area contributed by atoms with Crippen molar-refractivity contribution in [2.75, 3.05) is 0 Å². The van der Waals surface area contributed by atoms with Crippen LogP contribution in [0.25, 0.3) is 10.7 Å². The Morgan fingerprint density at radius 1 is 1.22 bits per heavy atom. The van der Waals surface area contributed by atoms with Crippen LogP contribution in [0.2, 0.25) is 0 Å². The molecule has 6 heteroatoms. The zero-order valence-electron chi connectivity index (χ0n) is 12.4. The number of benzene rings is 1. The summed E-state index contributed by atoms with van der Waals surface area (Å²) >= 11 is 1.57. The van der Waals surface area contributed by atoms with Crippen LogP contribution >= 0.6 is 11.3 Å². The lowest BCUT2D eigenvalue weighted by Gasteiger charge is -2.22. The van der Waals surface area contributed by atoms with E-state index in [4.69, 9.17) is 4.52 Å². The molecule has 23 heavy (non-hydrogen) atoms. The fourth-order valence-electron chi connectivity index (χ4n) is 2.85. The molecule has 4 rings (SSSR count). The van der Waals surface area contributed by atoms with Crippen molar-refractivity contribution in [3.63, 3.8) is 0 Å². The van der Waals surface area contributed by atoms with Gasteiger partial charge in [0.25, 0.3) is 0 Å².